The number of primary amides is 1. The van der Waals surface area contributed by atoms with Crippen molar-refractivity contribution in [2.45, 2.75) is 20.0 Å². The molecule has 0 saturated carbocycles. The number of halogens is 1. The average Bonchev–Trinajstić information content (AvgIpc) is 2.24. The zero-order valence-electron chi connectivity index (χ0n) is 8.99. The van der Waals surface area contributed by atoms with Gasteiger partial charge < -0.3 is 16.2 Å². The van der Waals surface area contributed by atoms with Crippen LogP contribution in [0.4, 0.5) is 5.82 Å². The molecule has 1 heterocycles. The third-order valence-corrected chi connectivity index (χ3v) is 2.62. The van der Waals surface area contributed by atoms with Crippen LogP contribution in [-0.2, 0) is 4.79 Å². The Balaban J connectivity index is 2.75. The molecule has 0 aromatic carbocycles. The molecule has 1 amide bonds. The molecule has 6 nitrogen and oxygen atoms in total. The number of nitrogens with zero attached hydrogens (tertiary/aromatic N) is 2. The molecule has 0 fully saturated rings. The summed E-state index contributed by atoms with van der Waals surface area (Å²) >= 11 is 5.77. The number of aliphatic hydroxyl groups is 1. The van der Waals surface area contributed by atoms with Crippen LogP contribution in [0.5, 0.6) is 0 Å². The second-order valence-electron chi connectivity index (χ2n) is 3.39. The van der Waals surface area contributed by atoms with E-state index in [9.17, 15) is 9.90 Å². The summed E-state index contributed by atoms with van der Waals surface area (Å²) in [5.74, 6) is -0.314. The van der Waals surface area contributed by atoms with E-state index in [2.05, 4.69) is 15.5 Å². The number of nitrogens with one attached hydrogen (secondary N) is 1. The van der Waals surface area contributed by atoms with Crippen LogP contribution >= 0.6 is 11.6 Å². The van der Waals surface area contributed by atoms with E-state index < -0.39 is 12.0 Å². The van der Waals surface area contributed by atoms with Crippen molar-refractivity contribution in [1.29, 1.82) is 0 Å². The van der Waals surface area contributed by atoms with E-state index in [1.165, 1.54) is 0 Å². The largest absolute Gasteiger partial charge is 0.381 e. The zero-order chi connectivity index (χ0) is 12.3. The van der Waals surface area contributed by atoms with Gasteiger partial charge in [0.2, 0.25) is 5.91 Å². The second-order valence-corrected chi connectivity index (χ2v) is 3.75. The lowest BCUT2D eigenvalue weighted by molar-refractivity contribution is -0.125. The van der Waals surface area contributed by atoms with Crippen molar-refractivity contribution in [1.82, 2.24) is 10.2 Å². The minimum atomic E-state index is -1.25. The maximum Gasteiger partial charge on any atom is 0.248 e. The highest BCUT2D eigenvalue weighted by molar-refractivity contribution is 6.30. The Morgan fingerprint density at radius 3 is 2.69 bits per heavy atom. The summed E-state index contributed by atoms with van der Waals surface area (Å²) in [5, 5.41) is 19.8. The fraction of sp³-hybridized carbons (Fsp3) is 0.444. The molecule has 0 bridgehead atoms. The number of carbonyl (C=O) groups is 1. The fourth-order valence-electron chi connectivity index (χ4n) is 1.04. The van der Waals surface area contributed by atoms with Crippen molar-refractivity contribution >= 4 is 23.3 Å². The third kappa shape index (κ3) is 2.80. The average molecular weight is 245 g/mol. The molecule has 0 saturated heterocycles. The summed E-state index contributed by atoms with van der Waals surface area (Å²) in [6.07, 6.45) is -1.25. The van der Waals surface area contributed by atoms with Crippen LogP contribution < -0.4 is 11.1 Å². The van der Waals surface area contributed by atoms with Crippen molar-refractivity contribution < 1.29 is 9.90 Å². The van der Waals surface area contributed by atoms with Crippen molar-refractivity contribution in [2.75, 3.05) is 11.9 Å². The number of hydrogen-bond donors (Lipinski definition) is 3. The number of aliphatic hydroxyl groups excluding tert-OH is 1. The van der Waals surface area contributed by atoms with Gasteiger partial charge in [-0.15, -0.1) is 10.2 Å². The molecule has 0 aliphatic heterocycles. The van der Waals surface area contributed by atoms with E-state index in [-0.39, 0.29) is 6.54 Å². The Labute approximate surface area is 97.8 Å². The maximum atomic E-state index is 10.6. The van der Waals surface area contributed by atoms with Crippen LogP contribution in [0, 0.1) is 13.8 Å². The number of carbonyl (C=O) groups excluding carboxylic acids is 1. The molecule has 0 aliphatic rings. The maximum absolute atomic E-state index is 10.6. The molecule has 1 aromatic rings. The van der Waals surface area contributed by atoms with Gasteiger partial charge in [-0.3, -0.25) is 4.79 Å². The smallest absolute Gasteiger partial charge is 0.248 e. The standard InChI is InChI=1S/C9H13ClN4O2/c1-4-5(2)9(14-13-7(4)10)12-3-6(15)8(11)16/h6,15H,3H2,1-2H3,(H2,11,16)(H,12,14). The summed E-state index contributed by atoms with van der Waals surface area (Å²) in [7, 11) is 0. The van der Waals surface area contributed by atoms with E-state index in [4.69, 9.17) is 17.3 Å². The van der Waals surface area contributed by atoms with Gasteiger partial charge in [0, 0.05) is 0 Å². The number of anilines is 1. The normalized spacial score (nSPS) is 12.2. The van der Waals surface area contributed by atoms with Gasteiger partial charge in [-0.25, -0.2) is 0 Å². The van der Waals surface area contributed by atoms with Crippen LogP contribution in [0.15, 0.2) is 0 Å². The summed E-state index contributed by atoms with van der Waals surface area (Å²) in [6, 6.07) is 0. The first-order chi connectivity index (χ1) is 7.43. The monoisotopic (exact) mass is 244 g/mol. The zero-order valence-corrected chi connectivity index (χ0v) is 9.75. The van der Waals surface area contributed by atoms with E-state index >= 15 is 0 Å². The van der Waals surface area contributed by atoms with Gasteiger partial charge in [0.25, 0.3) is 0 Å². The molecular weight excluding hydrogens is 232 g/mol. The molecule has 0 aliphatic carbocycles. The molecule has 88 valence electrons. The van der Waals surface area contributed by atoms with E-state index in [0.717, 1.165) is 11.1 Å². The Morgan fingerprint density at radius 1 is 1.50 bits per heavy atom. The highest BCUT2D eigenvalue weighted by Crippen LogP contribution is 2.20. The van der Waals surface area contributed by atoms with Gasteiger partial charge in [0.1, 0.15) is 6.10 Å². The van der Waals surface area contributed by atoms with Gasteiger partial charge in [0.05, 0.1) is 6.54 Å². The van der Waals surface area contributed by atoms with E-state index in [0.29, 0.717) is 11.0 Å². The first kappa shape index (κ1) is 12.7. The van der Waals surface area contributed by atoms with Crippen LogP contribution in [-0.4, -0.2) is 33.9 Å². The Bertz CT molecular complexity index is 411. The van der Waals surface area contributed by atoms with Crippen LogP contribution in [0.2, 0.25) is 5.15 Å². The number of amides is 1. The topological polar surface area (TPSA) is 101 Å². The number of nitrogens with two attached hydrogens (primary N) is 1. The molecule has 4 N–H and O–H groups in total. The third-order valence-electron chi connectivity index (χ3n) is 2.26. The minimum absolute atomic E-state index is 0.00801. The lowest BCUT2D eigenvalue weighted by Gasteiger charge is -2.12. The quantitative estimate of drug-likeness (QED) is 0.692. The Kier molecular flexibility index (Phi) is 4.03. The van der Waals surface area contributed by atoms with Gasteiger partial charge >= 0.3 is 0 Å². The molecule has 16 heavy (non-hydrogen) atoms. The lowest BCUT2D eigenvalue weighted by atomic mass is 10.2. The van der Waals surface area contributed by atoms with Crippen LogP contribution in [0.25, 0.3) is 0 Å². The summed E-state index contributed by atoms with van der Waals surface area (Å²) < 4.78 is 0. The van der Waals surface area contributed by atoms with Gasteiger partial charge in [-0.05, 0) is 25.0 Å². The van der Waals surface area contributed by atoms with Crippen molar-refractivity contribution in [3.05, 3.63) is 16.3 Å². The van der Waals surface area contributed by atoms with Gasteiger partial charge in [-0.1, -0.05) is 11.6 Å². The highest BCUT2D eigenvalue weighted by Gasteiger charge is 2.13. The highest BCUT2D eigenvalue weighted by atomic mass is 35.5. The van der Waals surface area contributed by atoms with Crippen LogP contribution in [0.3, 0.4) is 0 Å². The molecule has 1 unspecified atom stereocenters. The van der Waals surface area contributed by atoms with Crippen LogP contribution in [0.1, 0.15) is 11.1 Å². The SMILES string of the molecule is Cc1c(Cl)nnc(NCC(O)C(N)=O)c1C. The molecule has 1 aromatic heterocycles. The molecule has 1 rings (SSSR count). The predicted molar refractivity (Wildman–Crippen MR) is 60.2 cm³/mol. The summed E-state index contributed by atoms with van der Waals surface area (Å²) in [5.41, 5.74) is 6.52. The van der Waals surface area contributed by atoms with E-state index in [1.54, 1.807) is 0 Å². The summed E-state index contributed by atoms with van der Waals surface area (Å²) in [4.78, 5) is 10.6. The van der Waals surface area contributed by atoms with Gasteiger partial charge in [-0.2, -0.15) is 0 Å². The van der Waals surface area contributed by atoms with E-state index in [1.807, 2.05) is 13.8 Å². The molecular formula is C9H13ClN4O2. The van der Waals surface area contributed by atoms with Crippen molar-refractivity contribution in [3.63, 3.8) is 0 Å². The minimum Gasteiger partial charge on any atom is -0.381 e. The predicted octanol–water partition coefficient (Wildman–Crippen LogP) is 0.00494. The van der Waals surface area contributed by atoms with Crippen molar-refractivity contribution in [3.8, 4) is 0 Å². The molecule has 7 heteroatoms. The Hall–Kier alpha value is -1.40. The molecule has 0 radical (unpaired) electrons. The lowest BCUT2D eigenvalue weighted by Crippen LogP contribution is -2.34. The second kappa shape index (κ2) is 5.09. The van der Waals surface area contributed by atoms with Gasteiger partial charge in [0.15, 0.2) is 11.0 Å². The fourth-order valence-corrected chi connectivity index (χ4v) is 1.22. The summed E-state index contributed by atoms with van der Waals surface area (Å²) in [6.45, 7) is 3.61. The molecule has 1 atom stereocenters. The first-order valence-corrected chi connectivity index (χ1v) is 5.02. The number of aromatic nitrogens is 2. The number of rotatable bonds is 4. The Morgan fingerprint density at radius 2 is 2.12 bits per heavy atom. The first-order valence-electron chi connectivity index (χ1n) is 4.64. The van der Waals surface area contributed by atoms with Crippen molar-refractivity contribution in [2.24, 2.45) is 5.73 Å². The number of hydrogen-bond acceptors (Lipinski definition) is 5. The molecule has 0 spiro atoms.